The first-order chi connectivity index (χ1) is 26.0. The van der Waals surface area contributed by atoms with Gasteiger partial charge < -0.3 is 70.0 Å². The second kappa shape index (κ2) is 15.9. The molecule has 0 aromatic rings. The SMILES string of the molecule is CC(C)=CCCC(C)(O[C@@H]1OC(CO)[C@@H](O)[C@H](O)[C@H]1O)[C@H]1CC[C@]2(C)C1[C@H](O)CC1[C@@]3(C)CC[C@H](O)C(C)(C)C3[C@@H](OC3O[C@H](CO)[C@@H](O)[C@H](O)[C@H]3O)C[C@]12C. The first kappa shape index (κ1) is 44.7. The summed E-state index contributed by atoms with van der Waals surface area (Å²) in [5.74, 6) is -0.781. The van der Waals surface area contributed by atoms with Crippen LogP contribution in [0.1, 0.15) is 107 Å². The topological polar surface area (TPSA) is 239 Å². The molecule has 56 heavy (non-hydrogen) atoms. The van der Waals surface area contributed by atoms with E-state index in [2.05, 4.69) is 26.8 Å². The van der Waals surface area contributed by atoms with Crippen molar-refractivity contribution in [2.24, 2.45) is 45.3 Å². The first-order valence-electron chi connectivity index (χ1n) is 21.0. The third kappa shape index (κ3) is 7.06. The first-order valence-corrected chi connectivity index (χ1v) is 21.0. The zero-order chi connectivity index (χ0) is 41.5. The van der Waals surface area contributed by atoms with E-state index in [1.807, 2.05) is 34.6 Å². The Kier molecular flexibility index (Phi) is 12.7. The number of allylic oxidation sites excluding steroid dienone is 2. The van der Waals surface area contributed by atoms with E-state index in [0.717, 1.165) is 12.0 Å². The quantitative estimate of drug-likeness (QED) is 0.110. The highest BCUT2D eigenvalue weighted by Gasteiger charge is 2.74. The lowest BCUT2D eigenvalue weighted by atomic mass is 9.34. The predicted molar refractivity (Wildman–Crippen MR) is 202 cm³/mol. The molecule has 21 atom stereocenters. The van der Waals surface area contributed by atoms with E-state index in [1.165, 1.54) is 0 Å². The lowest BCUT2D eigenvalue weighted by Crippen LogP contribution is -2.71. The van der Waals surface area contributed by atoms with Crippen LogP contribution in [-0.2, 0) is 18.9 Å². The maximum Gasteiger partial charge on any atom is 0.187 e. The van der Waals surface area contributed by atoms with E-state index < -0.39 is 120 Å². The maximum absolute atomic E-state index is 12.6. The van der Waals surface area contributed by atoms with Gasteiger partial charge in [-0.2, -0.15) is 0 Å². The van der Waals surface area contributed by atoms with E-state index in [-0.39, 0.29) is 23.7 Å². The molecule has 2 saturated heterocycles. The molecule has 14 nitrogen and oxygen atoms in total. The Morgan fingerprint density at radius 3 is 1.89 bits per heavy atom. The molecule has 2 heterocycles. The largest absolute Gasteiger partial charge is 0.394 e. The van der Waals surface area contributed by atoms with E-state index in [1.54, 1.807) is 0 Å². The smallest absolute Gasteiger partial charge is 0.187 e. The molecule has 324 valence electrons. The second-order valence-corrected chi connectivity index (χ2v) is 20.2. The van der Waals surface area contributed by atoms with E-state index in [9.17, 15) is 51.1 Å². The van der Waals surface area contributed by atoms with Crippen molar-refractivity contribution < 1.29 is 70.0 Å². The Hall–Kier alpha value is -0.820. The van der Waals surface area contributed by atoms with Crippen LogP contribution in [0.5, 0.6) is 0 Å². The van der Waals surface area contributed by atoms with Gasteiger partial charge in [0.15, 0.2) is 12.6 Å². The normalized spacial score (nSPS) is 52.6. The average molecular weight is 801 g/mol. The van der Waals surface area contributed by atoms with Gasteiger partial charge in [-0.05, 0) is 117 Å². The molecule has 10 N–H and O–H groups in total. The maximum atomic E-state index is 12.6. The molecule has 4 aliphatic carbocycles. The molecule has 6 fully saturated rings. The van der Waals surface area contributed by atoms with Crippen molar-refractivity contribution in [2.45, 2.75) is 192 Å². The average Bonchev–Trinajstić information content (AvgIpc) is 3.52. The molecule has 6 unspecified atom stereocenters. The van der Waals surface area contributed by atoms with Crippen LogP contribution in [0.4, 0.5) is 0 Å². The summed E-state index contributed by atoms with van der Waals surface area (Å²) in [6, 6.07) is 0. The Morgan fingerprint density at radius 1 is 0.750 bits per heavy atom. The van der Waals surface area contributed by atoms with Gasteiger partial charge in [0.05, 0.1) is 37.1 Å². The summed E-state index contributed by atoms with van der Waals surface area (Å²) < 4.78 is 25.4. The van der Waals surface area contributed by atoms with E-state index in [4.69, 9.17) is 18.9 Å². The van der Waals surface area contributed by atoms with Gasteiger partial charge in [0, 0.05) is 0 Å². The third-order valence-corrected chi connectivity index (χ3v) is 16.6. The van der Waals surface area contributed by atoms with Crippen LogP contribution in [0.2, 0.25) is 0 Å². The fraction of sp³-hybridized carbons (Fsp3) is 0.952. The van der Waals surface area contributed by atoms with Crippen LogP contribution >= 0.6 is 0 Å². The van der Waals surface area contributed by atoms with Crippen LogP contribution in [0.3, 0.4) is 0 Å². The van der Waals surface area contributed by atoms with Crippen molar-refractivity contribution in [3.8, 4) is 0 Å². The molecule has 0 bridgehead atoms. The summed E-state index contributed by atoms with van der Waals surface area (Å²) in [6.07, 6.45) is -9.52. The summed E-state index contributed by atoms with van der Waals surface area (Å²) >= 11 is 0. The Balaban J connectivity index is 1.39. The fourth-order valence-corrected chi connectivity index (χ4v) is 13.5. The number of aliphatic hydroxyl groups is 10. The lowest BCUT2D eigenvalue weighted by Gasteiger charge is -2.72. The van der Waals surface area contributed by atoms with Gasteiger partial charge in [-0.1, -0.05) is 46.3 Å². The molecule has 6 aliphatic rings. The fourth-order valence-electron chi connectivity index (χ4n) is 13.5. The number of ether oxygens (including phenoxy) is 4. The van der Waals surface area contributed by atoms with Crippen LogP contribution in [0.15, 0.2) is 11.6 Å². The van der Waals surface area contributed by atoms with Gasteiger partial charge in [-0.25, -0.2) is 0 Å². The zero-order valence-electron chi connectivity index (χ0n) is 34.6. The lowest BCUT2D eigenvalue weighted by molar-refractivity contribution is -0.349. The van der Waals surface area contributed by atoms with Gasteiger partial charge in [0.2, 0.25) is 0 Å². The number of rotatable bonds is 10. The van der Waals surface area contributed by atoms with Crippen molar-refractivity contribution in [1.29, 1.82) is 0 Å². The minimum atomic E-state index is -1.61. The predicted octanol–water partition coefficient (Wildman–Crippen LogP) is 1.12. The van der Waals surface area contributed by atoms with Crippen molar-refractivity contribution in [2.75, 3.05) is 13.2 Å². The summed E-state index contributed by atoms with van der Waals surface area (Å²) in [6.45, 7) is 15.7. The highest BCUT2D eigenvalue weighted by atomic mass is 16.7. The number of fused-ring (bicyclic) bond motifs is 5. The molecular formula is C42H72O14. The number of hydrogen-bond acceptors (Lipinski definition) is 14. The molecule has 4 saturated carbocycles. The van der Waals surface area contributed by atoms with E-state index >= 15 is 0 Å². The molecule has 0 radical (unpaired) electrons. The molecule has 2 aliphatic heterocycles. The second-order valence-electron chi connectivity index (χ2n) is 20.2. The molecule has 0 aromatic heterocycles. The van der Waals surface area contributed by atoms with Gasteiger partial charge in [-0.15, -0.1) is 0 Å². The highest BCUT2D eigenvalue weighted by Crippen LogP contribution is 2.76. The summed E-state index contributed by atoms with van der Waals surface area (Å²) in [5, 5.41) is 109. The molecule has 0 aromatic carbocycles. The van der Waals surface area contributed by atoms with Gasteiger partial charge in [-0.3, -0.25) is 0 Å². The van der Waals surface area contributed by atoms with Gasteiger partial charge in [0.1, 0.15) is 48.8 Å². The van der Waals surface area contributed by atoms with Gasteiger partial charge >= 0.3 is 0 Å². The summed E-state index contributed by atoms with van der Waals surface area (Å²) in [5.41, 5.74) is -1.92. The molecule has 14 heteroatoms. The van der Waals surface area contributed by atoms with Crippen LogP contribution in [-0.4, -0.2) is 150 Å². The number of hydrogen-bond donors (Lipinski definition) is 10. The van der Waals surface area contributed by atoms with Crippen molar-refractivity contribution in [3.05, 3.63) is 11.6 Å². The van der Waals surface area contributed by atoms with Crippen molar-refractivity contribution in [3.63, 3.8) is 0 Å². The van der Waals surface area contributed by atoms with Crippen LogP contribution < -0.4 is 0 Å². The third-order valence-electron chi connectivity index (χ3n) is 16.6. The molecular weight excluding hydrogens is 728 g/mol. The van der Waals surface area contributed by atoms with E-state index in [0.29, 0.717) is 44.9 Å². The standard InChI is InChI=1S/C42H72O14/c1-20(2)10-9-13-42(8,56-37-34(52)32(50)30(48)25(19-44)55-37)21-11-15-40(6)28(21)22(45)16-26-39(5)14-12-27(46)38(3,4)35(39)23(17-41(26,40)7)53-36-33(51)31(49)29(47)24(18-43)54-36/h10,21-37,43-52H,9,11-19H2,1-8H3/t21-,22+,23-,24+,25?,26?,27-,28?,29+,30+,31-,32-,33+,34+,35?,36?,37-,39+,40+,41+,42?/m0/s1. The van der Waals surface area contributed by atoms with Gasteiger partial charge in [0.25, 0.3) is 0 Å². The Morgan fingerprint density at radius 2 is 1.32 bits per heavy atom. The minimum Gasteiger partial charge on any atom is -0.394 e. The van der Waals surface area contributed by atoms with Crippen molar-refractivity contribution in [1.82, 2.24) is 0 Å². The van der Waals surface area contributed by atoms with Crippen LogP contribution in [0.25, 0.3) is 0 Å². The molecule has 0 amide bonds. The molecule has 6 rings (SSSR count). The monoisotopic (exact) mass is 800 g/mol. The Bertz CT molecular complexity index is 1400. The summed E-state index contributed by atoms with van der Waals surface area (Å²) in [4.78, 5) is 0. The van der Waals surface area contributed by atoms with Crippen molar-refractivity contribution >= 4 is 0 Å². The summed E-state index contributed by atoms with van der Waals surface area (Å²) in [7, 11) is 0. The van der Waals surface area contributed by atoms with Crippen LogP contribution in [0, 0.1) is 45.3 Å². The Labute approximate surface area is 331 Å². The highest BCUT2D eigenvalue weighted by molar-refractivity contribution is 5.22. The number of aliphatic hydroxyl groups excluding tert-OH is 10. The minimum absolute atomic E-state index is 0.000258. The molecule has 0 spiro atoms. The zero-order valence-corrected chi connectivity index (χ0v) is 34.6.